The summed E-state index contributed by atoms with van der Waals surface area (Å²) < 4.78 is 6.19. The molecule has 2 rings (SSSR count). The van der Waals surface area contributed by atoms with Gasteiger partial charge in [-0.2, -0.15) is 0 Å². The van der Waals surface area contributed by atoms with Crippen molar-refractivity contribution in [3.05, 3.63) is 29.8 Å². The summed E-state index contributed by atoms with van der Waals surface area (Å²) in [6.45, 7) is 12.8. The monoisotopic (exact) mass is 291 g/mol. The molecule has 0 aliphatic carbocycles. The number of hydrogen-bond acceptors (Lipinski definition) is 3. The van der Waals surface area contributed by atoms with E-state index in [-0.39, 0.29) is 17.3 Å². The highest BCUT2D eigenvalue weighted by Crippen LogP contribution is 2.43. The van der Waals surface area contributed by atoms with Gasteiger partial charge >= 0.3 is 0 Å². The predicted octanol–water partition coefficient (Wildman–Crippen LogP) is 3.73. The number of aryl methyl sites for hydroxylation is 1. The molecule has 0 aromatic heterocycles. The summed E-state index contributed by atoms with van der Waals surface area (Å²) in [7, 11) is 0. The minimum Gasteiger partial charge on any atom is -0.472 e. The number of benzene rings is 1. The topological polar surface area (TPSA) is 32.7 Å². The lowest BCUT2D eigenvalue weighted by Crippen LogP contribution is -2.59. The second kappa shape index (κ2) is 5.62. The number of ether oxygens (including phenoxy) is 1. The fraction of sp³-hybridized carbons (Fsp3) is 0.667. The first kappa shape index (κ1) is 16.3. The Labute approximate surface area is 128 Å². The first-order chi connectivity index (χ1) is 9.63. The molecule has 1 aromatic rings. The number of hydrogen-bond donors (Lipinski definition) is 1. The van der Waals surface area contributed by atoms with Crippen molar-refractivity contribution in [2.75, 3.05) is 0 Å². The Bertz CT molecular complexity index is 478. The summed E-state index contributed by atoms with van der Waals surface area (Å²) >= 11 is 0. The number of likely N-dealkylation sites (tertiary alicyclic amines) is 1. The van der Waals surface area contributed by atoms with Gasteiger partial charge in [-0.3, -0.25) is 4.90 Å². The number of aliphatic hydroxyl groups is 1. The van der Waals surface area contributed by atoms with Crippen LogP contribution in [-0.4, -0.2) is 33.4 Å². The molecule has 1 N–H and O–H groups in total. The van der Waals surface area contributed by atoms with Gasteiger partial charge in [-0.1, -0.05) is 12.1 Å². The maximum absolute atomic E-state index is 10.3. The molecule has 0 radical (unpaired) electrons. The lowest BCUT2D eigenvalue weighted by molar-refractivity contribution is -0.120. The van der Waals surface area contributed by atoms with Crippen molar-refractivity contribution in [3.63, 3.8) is 0 Å². The van der Waals surface area contributed by atoms with Gasteiger partial charge in [-0.25, -0.2) is 0 Å². The quantitative estimate of drug-likeness (QED) is 0.917. The maximum atomic E-state index is 10.3. The van der Waals surface area contributed by atoms with Gasteiger partial charge in [0.25, 0.3) is 0 Å². The minimum atomic E-state index is -0.554. The molecule has 118 valence electrons. The minimum absolute atomic E-state index is 0.0228. The van der Waals surface area contributed by atoms with Crippen LogP contribution in [0.2, 0.25) is 0 Å². The average Bonchev–Trinajstić information content (AvgIpc) is 2.56. The zero-order chi connectivity index (χ0) is 15.8. The zero-order valence-electron chi connectivity index (χ0n) is 14.2. The van der Waals surface area contributed by atoms with Gasteiger partial charge in [0.15, 0.2) is 6.23 Å². The van der Waals surface area contributed by atoms with Crippen molar-refractivity contribution in [2.45, 2.75) is 77.8 Å². The third-order valence-corrected chi connectivity index (χ3v) is 4.57. The van der Waals surface area contributed by atoms with Gasteiger partial charge in [0, 0.05) is 11.1 Å². The molecule has 3 heteroatoms. The number of rotatable bonds is 4. The van der Waals surface area contributed by atoms with Crippen LogP contribution < -0.4 is 4.74 Å². The molecule has 1 aliphatic rings. The van der Waals surface area contributed by atoms with E-state index in [0.29, 0.717) is 0 Å². The summed E-state index contributed by atoms with van der Waals surface area (Å²) in [5, 5.41) is 10.3. The largest absolute Gasteiger partial charge is 0.472 e. The van der Waals surface area contributed by atoms with Gasteiger partial charge in [0.2, 0.25) is 0 Å². The first-order valence-corrected chi connectivity index (χ1v) is 7.84. The van der Waals surface area contributed by atoms with Crippen LogP contribution in [0.3, 0.4) is 0 Å². The standard InChI is InChI=1S/C18H29NO2/c1-13-8-7-9-15(12-13)21-16(14(2)20)19-17(3,4)10-11-18(19,5)6/h7-9,12,14,16,20H,10-11H2,1-6H3. The van der Waals surface area contributed by atoms with Crippen molar-refractivity contribution < 1.29 is 9.84 Å². The van der Waals surface area contributed by atoms with Gasteiger partial charge in [0.05, 0.1) is 0 Å². The van der Waals surface area contributed by atoms with Crippen LogP contribution in [0.5, 0.6) is 5.75 Å². The molecule has 1 fully saturated rings. The Morgan fingerprint density at radius 3 is 2.19 bits per heavy atom. The third-order valence-electron chi connectivity index (χ3n) is 4.57. The maximum Gasteiger partial charge on any atom is 0.179 e. The van der Waals surface area contributed by atoms with E-state index < -0.39 is 6.10 Å². The summed E-state index contributed by atoms with van der Waals surface area (Å²) in [5.74, 6) is 0.819. The molecule has 0 bridgehead atoms. The summed E-state index contributed by atoms with van der Waals surface area (Å²) in [6, 6.07) is 8.02. The Kier molecular flexibility index (Phi) is 4.36. The summed E-state index contributed by atoms with van der Waals surface area (Å²) in [5.41, 5.74) is 1.21. The molecular weight excluding hydrogens is 262 g/mol. The highest BCUT2D eigenvalue weighted by molar-refractivity contribution is 5.27. The molecule has 0 amide bonds. The average molecular weight is 291 g/mol. The molecule has 0 saturated carbocycles. The number of aliphatic hydroxyl groups excluding tert-OH is 1. The van der Waals surface area contributed by atoms with E-state index in [9.17, 15) is 5.11 Å². The lowest BCUT2D eigenvalue weighted by Gasteiger charge is -2.46. The van der Waals surface area contributed by atoms with Crippen LogP contribution in [0.15, 0.2) is 24.3 Å². The molecule has 3 nitrogen and oxygen atoms in total. The van der Waals surface area contributed by atoms with Crippen molar-refractivity contribution in [1.82, 2.24) is 4.90 Å². The smallest absolute Gasteiger partial charge is 0.179 e. The second-order valence-electron chi connectivity index (χ2n) is 7.56. The Hall–Kier alpha value is -1.06. The SMILES string of the molecule is Cc1cccc(OC(C(C)O)N2C(C)(C)CCC2(C)C)c1. The van der Waals surface area contributed by atoms with Crippen LogP contribution in [0.25, 0.3) is 0 Å². The third kappa shape index (κ3) is 3.41. The van der Waals surface area contributed by atoms with Crippen molar-refractivity contribution in [1.29, 1.82) is 0 Å². The Balaban J connectivity index is 2.30. The van der Waals surface area contributed by atoms with Crippen LogP contribution in [0.4, 0.5) is 0 Å². The van der Waals surface area contributed by atoms with Crippen LogP contribution in [-0.2, 0) is 0 Å². The normalized spacial score (nSPS) is 23.8. The lowest BCUT2D eigenvalue weighted by atomic mass is 10.0. The van der Waals surface area contributed by atoms with E-state index in [1.165, 1.54) is 0 Å². The fourth-order valence-corrected chi connectivity index (χ4v) is 3.56. The van der Waals surface area contributed by atoms with E-state index in [1.807, 2.05) is 38.1 Å². The molecule has 0 spiro atoms. The van der Waals surface area contributed by atoms with Gasteiger partial charge in [0.1, 0.15) is 11.9 Å². The first-order valence-electron chi connectivity index (χ1n) is 7.84. The van der Waals surface area contributed by atoms with Crippen molar-refractivity contribution in [3.8, 4) is 5.75 Å². The molecule has 2 atom stereocenters. The van der Waals surface area contributed by atoms with Crippen molar-refractivity contribution >= 4 is 0 Å². The van der Waals surface area contributed by atoms with Gasteiger partial charge < -0.3 is 9.84 Å². The van der Waals surface area contributed by atoms with E-state index >= 15 is 0 Å². The molecule has 1 heterocycles. The predicted molar refractivity (Wildman–Crippen MR) is 86.5 cm³/mol. The van der Waals surface area contributed by atoms with Crippen LogP contribution in [0.1, 0.15) is 53.0 Å². The summed E-state index contributed by atoms with van der Waals surface area (Å²) in [6.07, 6.45) is 1.34. The van der Waals surface area contributed by atoms with Crippen molar-refractivity contribution in [2.24, 2.45) is 0 Å². The number of nitrogens with zero attached hydrogens (tertiary/aromatic N) is 1. The molecular formula is C18H29NO2. The molecule has 1 aliphatic heterocycles. The molecule has 21 heavy (non-hydrogen) atoms. The molecule has 1 aromatic carbocycles. The van der Waals surface area contributed by atoms with Crippen LogP contribution in [0, 0.1) is 6.92 Å². The van der Waals surface area contributed by atoms with Gasteiger partial charge in [-0.05, 0) is 72.1 Å². The highest BCUT2D eigenvalue weighted by Gasteiger charge is 2.50. The van der Waals surface area contributed by atoms with Crippen LogP contribution >= 0.6 is 0 Å². The Morgan fingerprint density at radius 2 is 1.71 bits per heavy atom. The van der Waals surface area contributed by atoms with E-state index in [2.05, 4.69) is 32.6 Å². The zero-order valence-corrected chi connectivity index (χ0v) is 14.2. The van der Waals surface area contributed by atoms with E-state index in [4.69, 9.17) is 4.74 Å². The highest BCUT2D eigenvalue weighted by atomic mass is 16.5. The fourth-order valence-electron chi connectivity index (χ4n) is 3.56. The van der Waals surface area contributed by atoms with E-state index in [1.54, 1.807) is 0 Å². The van der Waals surface area contributed by atoms with E-state index in [0.717, 1.165) is 24.2 Å². The molecule has 2 unspecified atom stereocenters. The summed E-state index contributed by atoms with van der Waals surface area (Å²) in [4.78, 5) is 2.34. The molecule has 1 saturated heterocycles. The second-order valence-corrected chi connectivity index (χ2v) is 7.56. The Morgan fingerprint density at radius 1 is 1.14 bits per heavy atom. The van der Waals surface area contributed by atoms with Gasteiger partial charge in [-0.15, -0.1) is 0 Å².